The fourth-order valence-corrected chi connectivity index (χ4v) is 2.41. The monoisotopic (exact) mass is 262 g/mol. The molecule has 0 aliphatic heterocycles. The molecule has 0 fully saturated rings. The molecule has 0 saturated carbocycles. The number of aromatic nitrogens is 1. The number of hydrogen-bond donors (Lipinski definition) is 1. The summed E-state index contributed by atoms with van der Waals surface area (Å²) in [5.74, 6) is 0.493. The van der Waals surface area contributed by atoms with Crippen LogP contribution >= 0.6 is 0 Å². The Bertz CT molecular complexity index is 732. The van der Waals surface area contributed by atoms with Crippen LogP contribution in [0.1, 0.15) is 25.3 Å². The molecule has 2 heteroatoms. The fourth-order valence-electron chi connectivity index (χ4n) is 2.41. The van der Waals surface area contributed by atoms with Crippen LogP contribution in [-0.2, 0) is 0 Å². The first-order chi connectivity index (χ1) is 9.74. The van der Waals surface area contributed by atoms with E-state index in [1.807, 2.05) is 24.4 Å². The molecule has 3 aromatic rings. The van der Waals surface area contributed by atoms with Gasteiger partial charge >= 0.3 is 0 Å². The van der Waals surface area contributed by atoms with E-state index >= 15 is 0 Å². The molecule has 0 amide bonds. The van der Waals surface area contributed by atoms with Crippen molar-refractivity contribution in [3.8, 4) is 0 Å². The second-order valence-electron chi connectivity index (χ2n) is 5.28. The van der Waals surface area contributed by atoms with Gasteiger partial charge in [0.2, 0.25) is 0 Å². The lowest BCUT2D eigenvalue weighted by atomic mass is 10.0. The van der Waals surface area contributed by atoms with E-state index in [-0.39, 0.29) is 0 Å². The normalized spacial score (nSPS) is 10.9. The minimum atomic E-state index is 0.493. The number of rotatable bonds is 3. The van der Waals surface area contributed by atoms with E-state index in [0.717, 1.165) is 22.3 Å². The van der Waals surface area contributed by atoms with Crippen molar-refractivity contribution >= 4 is 22.3 Å². The molecule has 1 heterocycles. The van der Waals surface area contributed by atoms with Crippen LogP contribution in [0, 0.1) is 0 Å². The average molecular weight is 262 g/mol. The van der Waals surface area contributed by atoms with Gasteiger partial charge in [0.05, 0.1) is 17.4 Å². The van der Waals surface area contributed by atoms with Crippen LogP contribution in [0.4, 0.5) is 11.4 Å². The highest BCUT2D eigenvalue weighted by Gasteiger charge is 2.06. The van der Waals surface area contributed by atoms with E-state index in [1.54, 1.807) is 0 Å². The van der Waals surface area contributed by atoms with Gasteiger partial charge in [-0.15, -0.1) is 0 Å². The van der Waals surface area contributed by atoms with Gasteiger partial charge in [-0.1, -0.05) is 50.2 Å². The number of fused-ring (bicyclic) bond motifs is 1. The first-order valence-corrected chi connectivity index (χ1v) is 6.95. The summed E-state index contributed by atoms with van der Waals surface area (Å²) in [7, 11) is 0. The summed E-state index contributed by atoms with van der Waals surface area (Å²) in [6, 6.07) is 18.7. The summed E-state index contributed by atoms with van der Waals surface area (Å²) >= 11 is 0. The van der Waals surface area contributed by atoms with Gasteiger partial charge in [0.1, 0.15) is 0 Å². The van der Waals surface area contributed by atoms with Crippen molar-refractivity contribution in [1.82, 2.24) is 4.98 Å². The Labute approximate surface area is 119 Å². The number of hydrogen-bond acceptors (Lipinski definition) is 2. The number of nitrogens with one attached hydrogen (secondary N) is 1. The molecule has 0 bridgehead atoms. The highest BCUT2D eigenvalue weighted by molar-refractivity contribution is 5.82. The van der Waals surface area contributed by atoms with Gasteiger partial charge in [-0.05, 0) is 29.7 Å². The number of anilines is 2. The first-order valence-electron chi connectivity index (χ1n) is 6.95. The van der Waals surface area contributed by atoms with E-state index in [2.05, 4.69) is 60.5 Å². The third kappa shape index (κ3) is 2.50. The van der Waals surface area contributed by atoms with E-state index in [9.17, 15) is 0 Å². The molecule has 0 aliphatic rings. The zero-order valence-corrected chi connectivity index (χ0v) is 11.8. The summed E-state index contributed by atoms with van der Waals surface area (Å²) < 4.78 is 0. The molecule has 0 unspecified atom stereocenters. The summed E-state index contributed by atoms with van der Waals surface area (Å²) in [6.45, 7) is 4.41. The first kappa shape index (κ1) is 12.7. The summed E-state index contributed by atoms with van der Waals surface area (Å²) in [6.07, 6.45) is 1.89. The van der Waals surface area contributed by atoms with Crippen LogP contribution in [0.3, 0.4) is 0 Å². The van der Waals surface area contributed by atoms with Gasteiger partial charge in [-0.25, -0.2) is 0 Å². The lowest BCUT2D eigenvalue weighted by Crippen LogP contribution is -1.98. The maximum Gasteiger partial charge on any atom is 0.0703 e. The smallest absolute Gasteiger partial charge is 0.0703 e. The third-order valence-corrected chi connectivity index (χ3v) is 3.45. The standard InChI is InChI=1S/C18H18N2/c1-13(2)16-8-4-6-10-18(16)20-15-11-14-7-3-5-9-17(14)19-12-15/h3-13,20H,1-2H3. The molecular formula is C18H18N2. The molecule has 0 saturated heterocycles. The van der Waals surface area contributed by atoms with E-state index in [4.69, 9.17) is 0 Å². The van der Waals surface area contributed by atoms with Crippen molar-refractivity contribution in [3.63, 3.8) is 0 Å². The molecule has 1 aromatic heterocycles. The lowest BCUT2D eigenvalue weighted by Gasteiger charge is -2.14. The summed E-state index contributed by atoms with van der Waals surface area (Å²) in [4.78, 5) is 4.49. The van der Waals surface area contributed by atoms with Crippen molar-refractivity contribution in [2.75, 3.05) is 5.32 Å². The minimum Gasteiger partial charge on any atom is -0.354 e. The van der Waals surface area contributed by atoms with Gasteiger partial charge < -0.3 is 5.32 Å². The zero-order chi connectivity index (χ0) is 13.9. The van der Waals surface area contributed by atoms with Crippen LogP contribution in [0.2, 0.25) is 0 Å². The predicted octanol–water partition coefficient (Wildman–Crippen LogP) is 5.10. The molecule has 1 N–H and O–H groups in total. The van der Waals surface area contributed by atoms with Crippen LogP contribution < -0.4 is 5.32 Å². The Morgan fingerprint density at radius 3 is 2.55 bits per heavy atom. The summed E-state index contributed by atoms with van der Waals surface area (Å²) in [5.41, 5.74) is 4.52. The molecule has 0 spiro atoms. The Morgan fingerprint density at radius 1 is 0.950 bits per heavy atom. The summed E-state index contributed by atoms with van der Waals surface area (Å²) in [5, 5.41) is 4.64. The molecule has 20 heavy (non-hydrogen) atoms. The Hall–Kier alpha value is -2.35. The molecule has 0 radical (unpaired) electrons. The van der Waals surface area contributed by atoms with Crippen molar-refractivity contribution < 1.29 is 0 Å². The average Bonchev–Trinajstić information content (AvgIpc) is 2.47. The van der Waals surface area contributed by atoms with E-state index in [1.165, 1.54) is 5.56 Å². The van der Waals surface area contributed by atoms with Gasteiger partial charge in [0.25, 0.3) is 0 Å². The highest BCUT2D eigenvalue weighted by Crippen LogP contribution is 2.27. The molecule has 0 aliphatic carbocycles. The maximum atomic E-state index is 4.49. The Morgan fingerprint density at radius 2 is 1.70 bits per heavy atom. The molecular weight excluding hydrogens is 244 g/mol. The highest BCUT2D eigenvalue weighted by atomic mass is 14.9. The van der Waals surface area contributed by atoms with Crippen LogP contribution in [0.25, 0.3) is 10.9 Å². The second-order valence-corrected chi connectivity index (χ2v) is 5.28. The quantitative estimate of drug-likeness (QED) is 0.710. The Balaban J connectivity index is 1.97. The Kier molecular flexibility index (Phi) is 3.38. The molecule has 2 aromatic carbocycles. The topological polar surface area (TPSA) is 24.9 Å². The van der Waals surface area contributed by atoms with Crippen LogP contribution in [0.5, 0.6) is 0 Å². The van der Waals surface area contributed by atoms with Gasteiger partial charge in [-0.3, -0.25) is 4.98 Å². The maximum absolute atomic E-state index is 4.49. The van der Waals surface area contributed by atoms with Crippen molar-refractivity contribution in [3.05, 3.63) is 66.4 Å². The second kappa shape index (κ2) is 5.33. The molecule has 0 atom stereocenters. The minimum absolute atomic E-state index is 0.493. The van der Waals surface area contributed by atoms with Crippen LogP contribution in [-0.4, -0.2) is 4.98 Å². The van der Waals surface area contributed by atoms with Crippen molar-refractivity contribution in [2.45, 2.75) is 19.8 Å². The van der Waals surface area contributed by atoms with Crippen LogP contribution in [0.15, 0.2) is 60.8 Å². The molecule has 100 valence electrons. The molecule has 2 nitrogen and oxygen atoms in total. The molecule has 3 rings (SSSR count). The van der Waals surface area contributed by atoms with Gasteiger partial charge in [-0.2, -0.15) is 0 Å². The van der Waals surface area contributed by atoms with E-state index < -0.39 is 0 Å². The lowest BCUT2D eigenvalue weighted by molar-refractivity contribution is 0.869. The largest absolute Gasteiger partial charge is 0.354 e. The third-order valence-electron chi connectivity index (χ3n) is 3.45. The number of benzene rings is 2. The number of pyridine rings is 1. The van der Waals surface area contributed by atoms with E-state index in [0.29, 0.717) is 5.92 Å². The van der Waals surface area contributed by atoms with Gasteiger partial charge in [0.15, 0.2) is 0 Å². The SMILES string of the molecule is CC(C)c1ccccc1Nc1cnc2ccccc2c1. The zero-order valence-electron chi connectivity index (χ0n) is 11.8. The van der Waals surface area contributed by atoms with Gasteiger partial charge in [0, 0.05) is 11.1 Å². The number of nitrogens with zero attached hydrogens (tertiary/aromatic N) is 1. The number of para-hydroxylation sites is 2. The van der Waals surface area contributed by atoms with Crippen molar-refractivity contribution in [1.29, 1.82) is 0 Å². The fraction of sp³-hybridized carbons (Fsp3) is 0.167. The predicted molar refractivity (Wildman–Crippen MR) is 85.6 cm³/mol. The van der Waals surface area contributed by atoms with Crippen molar-refractivity contribution in [2.24, 2.45) is 0 Å².